The lowest BCUT2D eigenvalue weighted by Gasteiger charge is -2.40. The quantitative estimate of drug-likeness (QED) is 0.0103. The maximum atomic E-state index is 13.6. The minimum atomic E-state index is -1.23. The summed E-state index contributed by atoms with van der Waals surface area (Å²) in [6.45, 7) is 33.8. The summed E-state index contributed by atoms with van der Waals surface area (Å²) in [6.07, 6.45) is 8.54. The Balaban J connectivity index is 0.000000478. The number of carbonyl (C=O) groups excluding carboxylic acids is 3. The van der Waals surface area contributed by atoms with Crippen molar-refractivity contribution in [3.8, 4) is 28.6 Å². The molecule has 0 saturated heterocycles. The molecule has 514 valence electrons. The van der Waals surface area contributed by atoms with Crippen molar-refractivity contribution in [1.82, 2.24) is 30.0 Å². The number of fused-ring (bicyclic) bond motifs is 2. The number of benzene rings is 5. The van der Waals surface area contributed by atoms with Crippen LogP contribution in [0.15, 0.2) is 109 Å². The number of phenols is 3. The lowest BCUT2D eigenvalue weighted by atomic mass is 9.84. The smallest absolute Gasteiger partial charge is 0.306 e. The molecule has 8 rings (SSSR count). The second-order valence-electron chi connectivity index (χ2n) is 29.2. The van der Waals surface area contributed by atoms with Crippen LogP contribution in [0, 0.1) is 16.7 Å². The Labute approximate surface area is 560 Å². The highest BCUT2D eigenvalue weighted by Gasteiger charge is 2.40. The second-order valence-corrected chi connectivity index (χ2v) is 29.2. The summed E-state index contributed by atoms with van der Waals surface area (Å²) in [5.74, 6) is -0.137. The number of aliphatic hydroxyl groups is 2. The number of aromatic hydroxyl groups is 3. The van der Waals surface area contributed by atoms with Gasteiger partial charge in [-0.05, 0) is 148 Å². The molecule has 0 spiro atoms. The second kappa shape index (κ2) is 32.3. The van der Waals surface area contributed by atoms with Gasteiger partial charge in [-0.15, -0.1) is 30.0 Å². The van der Waals surface area contributed by atoms with Crippen molar-refractivity contribution in [2.75, 3.05) is 18.9 Å². The standard InChI is InChI=1S/C52H68N6O9.C13H21NO.C6H6N2.C4H8O/c1-48(2,3)35-25-32(27-41(46(35)63)57-53-37-17-13-14-18-38(37)54-57)21-23-43(61)51(9,10)65-31-34(60)29-50(7,8)67-52(11,12)44(30-59)66-45(62)24-22-33-26-36(49(4,5)6)47(64)42(28-33)58-55-39-19-15-16-20-40(39)56-58;1-5-6-9-7-10(13(2,3)4)12(15)11(14)8-9;7-5-3-1-2-4-6(5)8;1-4(2)3-5/h13-20,25-28,34,44,59-60,63-64H,21-24,29-31H2,1-12H3;7-8,15H,5-6,14H2,1-4H3;1-4,7-8H;3-4H,1-2H3. The molecule has 95 heavy (non-hydrogen) atoms. The first-order chi connectivity index (χ1) is 44.1. The maximum absolute atomic E-state index is 13.6. The third kappa shape index (κ3) is 22.1. The molecule has 0 radical (unpaired) electrons. The molecule has 1 aliphatic rings. The number of anilines is 1. The van der Waals surface area contributed by atoms with E-state index in [2.05, 4.69) is 54.2 Å². The molecular formula is C75H103N9O11. The molecule has 9 N–H and O–H groups in total. The van der Waals surface area contributed by atoms with Gasteiger partial charge in [-0.1, -0.05) is 144 Å². The van der Waals surface area contributed by atoms with Gasteiger partial charge in [0.05, 0.1) is 42.0 Å². The van der Waals surface area contributed by atoms with E-state index in [-0.39, 0.29) is 78.1 Å². The van der Waals surface area contributed by atoms with Crippen LogP contribution in [-0.4, -0.2) is 127 Å². The number of rotatable bonds is 22. The van der Waals surface area contributed by atoms with Gasteiger partial charge in [0, 0.05) is 41.9 Å². The number of nitrogen functional groups attached to an aromatic ring is 1. The van der Waals surface area contributed by atoms with Crippen molar-refractivity contribution in [2.45, 2.75) is 215 Å². The van der Waals surface area contributed by atoms with Crippen molar-refractivity contribution in [2.24, 2.45) is 5.92 Å². The van der Waals surface area contributed by atoms with Crippen LogP contribution in [0.3, 0.4) is 0 Å². The summed E-state index contributed by atoms with van der Waals surface area (Å²) < 4.78 is 18.3. The fraction of sp³-hybridized carbons (Fsp3) is 0.480. The van der Waals surface area contributed by atoms with E-state index in [0.29, 0.717) is 56.7 Å². The Hall–Kier alpha value is -8.43. The number of aromatic nitrogens is 6. The van der Waals surface area contributed by atoms with Crippen molar-refractivity contribution in [1.29, 1.82) is 10.8 Å². The number of nitrogens with one attached hydrogen (secondary N) is 2. The first kappa shape index (κ1) is 77.3. The monoisotopic (exact) mass is 1310 g/mol. The zero-order chi connectivity index (χ0) is 71.2. The lowest BCUT2D eigenvalue weighted by molar-refractivity contribution is -0.207. The molecule has 5 aromatic carbocycles. The average molecular weight is 1310 g/mol. The van der Waals surface area contributed by atoms with Gasteiger partial charge in [0.15, 0.2) is 11.9 Å². The summed E-state index contributed by atoms with van der Waals surface area (Å²) in [4.78, 5) is 39.4. The van der Waals surface area contributed by atoms with Crippen LogP contribution in [0.25, 0.3) is 33.4 Å². The van der Waals surface area contributed by atoms with Gasteiger partial charge in [0.2, 0.25) is 0 Å². The summed E-state index contributed by atoms with van der Waals surface area (Å²) >= 11 is 0. The van der Waals surface area contributed by atoms with Gasteiger partial charge < -0.3 is 50.3 Å². The van der Waals surface area contributed by atoms with Crippen LogP contribution in [0.4, 0.5) is 5.69 Å². The van der Waals surface area contributed by atoms with Crippen molar-refractivity contribution in [3.05, 3.63) is 143 Å². The van der Waals surface area contributed by atoms with Gasteiger partial charge in [-0.3, -0.25) is 20.4 Å². The van der Waals surface area contributed by atoms with Crippen LogP contribution in [0.2, 0.25) is 0 Å². The van der Waals surface area contributed by atoms with E-state index in [9.17, 15) is 39.9 Å². The van der Waals surface area contributed by atoms with Crippen LogP contribution in [-0.2, 0) is 64.1 Å². The van der Waals surface area contributed by atoms with Crippen LogP contribution < -0.4 is 5.73 Å². The molecule has 20 heteroatoms. The number of Topliss-reactive ketones (excluding diaryl/α,β-unsaturated/α-hetero) is 1. The number of carbonyl (C=O) groups is 3. The molecule has 2 unspecified atom stereocenters. The Morgan fingerprint density at radius 3 is 1.37 bits per heavy atom. The third-order valence-corrected chi connectivity index (χ3v) is 15.7. The van der Waals surface area contributed by atoms with Gasteiger partial charge >= 0.3 is 5.97 Å². The zero-order valence-corrected chi connectivity index (χ0v) is 59.0. The SMILES string of the molecule is CC(C)(CC(O)COC(C)(C)C(=O)CCc1cc(-n2nc3ccccc3n2)c(O)c(C(C)(C)C)c1)OC(C)(C)C(CO)OC(=O)CCc1cc(-n2nc3ccccc3n2)c(O)c(C(C)(C)C)c1.CC(C)C=O.CCCc1cc(N)c(O)c(C(C)(C)C)c1.N=C1C=CC=CC1=N. The van der Waals surface area contributed by atoms with Gasteiger partial charge in [0.25, 0.3) is 0 Å². The zero-order valence-electron chi connectivity index (χ0n) is 59.0. The van der Waals surface area contributed by atoms with Crippen molar-refractivity contribution >= 4 is 57.2 Å². The number of ether oxygens (including phenoxy) is 3. The molecule has 0 aliphatic heterocycles. The molecule has 2 aromatic heterocycles. The van der Waals surface area contributed by atoms with Gasteiger partial charge in [0.1, 0.15) is 68.2 Å². The highest BCUT2D eigenvalue weighted by atomic mass is 16.6. The number of phenolic OH excluding ortho intramolecular Hbond substituents is 3. The molecule has 1 aliphatic carbocycles. The summed E-state index contributed by atoms with van der Waals surface area (Å²) in [6, 6.07) is 26.2. The molecule has 0 bridgehead atoms. The molecular weight excluding hydrogens is 1200 g/mol. The van der Waals surface area contributed by atoms with E-state index < -0.39 is 52.4 Å². The molecule has 0 fully saturated rings. The molecule has 2 heterocycles. The molecule has 7 aromatic rings. The Morgan fingerprint density at radius 2 is 1.00 bits per heavy atom. The van der Waals surface area contributed by atoms with E-state index in [4.69, 9.17) is 30.8 Å². The summed E-state index contributed by atoms with van der Waals surface area (Å²) in [5, 5.41) is 86.5. The number of hydrogen-bond acceptors (Lipinski definition) is 18. The number of hydrogen-bond donors (Lipinski definition) is 8. The average Bonchev–Trinajstić information content (AvgIpc) is 1.76. The molecule has 0 amide bonds. The molecule has 20 nitrogen and oxygen atoms in total. The van der Waals surface area contributed by atoms with Gasteiger partial charge in [-0.25, -0.2) is 0 Å². The minimum absolute atomic E-state index is 0.0168. The lowest BCUT2D eigenvalue weighted by Crippen LogP contribution is -2.50. The number of aryl methyl sites for hydroxylation is 3. The van der Waals surface area contributed by atoms with Crippen LogP contribution in [0.5, 0.6) is 17.2 Å². The Bertz CT molecular complexity index is 3780. The van der Waals surface area contributed by atoms with E-state index >= 15 is 0 Å². The predicted octanol–water partition coefficient (Wildman–Crippen LogP) is 13.5. The van der Waals surface area contributed by atoms with E-state index in [0.717, 1.165) is 35.8 Å². The normalized spacial score (nSPS) is 13.6. The largest absolute Gasteiger partial charge is 0.505 e. The van der Waals surface area contributed by atoms with E-state index in [1.807, 2.05) is 122 Å². The number of aldehydes is 1. The first-order valence-electron chi connectivity index (χ1n) is 32.4. The maximum Gasteiger partial charge on any atom is 0.306 e. The Kier molecular flexibility index (Phi) is 26.3. The number of esters is 1. The fourth-order valence-corrected chi connectivity index (χ4v) is 10.5. The van der Waals surface area contributed by atoms with Crippen molar-refractivity contribution in [3.63, 3.8) is 0 Å². The van der Waals surface area contributed by atoms with Crippen LogP contribution in [0.1, 0.15) is 184 Å². The molecule has 0 saturated carbocycles. The molecule has 2 atom stereocenters. The summed E-state index contributed by atoms with van der Waals surface area (Å²) in [5.41, 5.74) is 11.3. The van der Waals surface area contributed by atoms with E-state index in [1.165, 1.54) is 15.2 Å². The first-order valence-corrected chi connectivity index (χ1v) is 32.4. The number of ketones is 1. The van der Waals surface area contributed by atoms with Gasteiger partial charge in [-0.2, -0.15) is 0 Å². The third-order valence-electron chi connectivity index (χ3n) is 15.7. The number of aliphatic hydroxyl groups excluding tert-OH is 2. The Morgan fingerprint density at radius 1 is 0.611 bits per heavy atom. The topological polar surface area (TPSA) is 315 Å². The highest BCUT2D eigenvalue weighted by Crippen LogP contribution is 2.40. The van der Waals surface area contributed by atoms with E-state index in [1.54, 1.807) is 78.0 Å². The van der Waals surface area contributed by atoms with Crippen molar-refractivity contribution < 1.29 is 54.1 Å². The fourth-order valence-electron chi connectivity index (χ4n) is 10.5. The number of allylic oxidation sites excluding steroid dienone is 4. The number of nitrogens with two attached hydrogens (primary N) is 1. The summed E-state index contributed by atoms with van der Waals surface area (Å²) in [7, 11) is 0. The van der Waals surface area contributed by atoms with Crippen LogP contribution >= 0.6 is 0 Å². The number of nitrogens with zero attached hydrogens (tertiary/aromatic N) is 6. The predicted molar refractivity (Wildman–Crippen MR) is 377 cm³/mol. The highest BCUT2D eigenvalue weighted by molar-refractivity contribution is 6.48. The minimum Gasteiger partial charge on any atom is -0.505 e.